The molecular formula is C20H21NO3. The van der Waals surface area contributed by atoms with Crippen molar-refractivity contribution < 1.29 is 14.7 Å². The Morgan fingerprint density at radius 3 is 2.29 bits per heavy atom. The van der Waals surface area contributed by atoms with Crippen LogP contribution < -0.4 is 5.32 Å². The normalized spacial score (nSPS) is 19.1. The van der Waals surface area contributed by atoms with Gasteiger partial charge >= 0.3 is 0 Å². The lowest BCUT2D eigenvalue weighted by Crippen LogP contribution is -2.36. The zero-order valence-corrected chi connectivity index (χ0v) is 14.4. The molecule has 2 aromatic rings. The minimum atomic E-state index is -1.82. The predicted molar refractivity (Wildman–Crippen MR) is 93.3 cm³/mol. The van der Waals surface area contributed by atoms with E-state index >= 15 is 0 Å². The summed E-state index contributed by atoms with van der Waals surface area (Å²) in [5, 5.41) is 13.6. The predicted octanol–water partition coefficient (Wildman–Crippen LogP) is 3.33. The Kier molecular flexibility index (Phi) is 3.80. The van der Waals surface area contributed by atoms with E-state index in [1.165, 1.54) is 0 Å². The molecule has 0 saturated carbocycles. The summed E-state index contributed by atoms with van der Waals surface area (Å²) in [6.07, 6.45) is -0.263. The van der Waals surface area contributed by atoms with Gasteiger partial charge in [0.25, 0.3) is 5.91 Å². The van der Waals surface area contributed by atoms with Gasteiger partial charge in [-0.2, -0.15) is 0 Å². The van der Waals surface area contributed by atoms with Crippen LogP contribution in [-0.4, -0.2) is 16.8 Å². The van der Waals surface area contributed by atoms with Gasteiger partial charge in [0, 0.05) is 16.8 Å². The third kappa shape index (κ3) is 2.34. The van der Waals surface area contributed by atoms with Crippen LogP contribution in [0.1, 0.15) is 44.6 Å². The number of anilines is 1. The fourth-order valence-corrected chi connectivity index (χ4v) is 3.43. The Morgan fingerprint density at radius 1 is 1.08 bits per heavy atom. The highest BCUT2D eigenvalue weighted by Crippen LogP contribution is 2.39. The van der Waals surface area contributed by atoms with E-state index in [1.54, 1.807) is 24.3 Å². The number of amides is 1. The van der Waals surface area contributed by atoms with Crippen molar-refractivity contribution in [3.63, 3.8) is 0 Å². The average Bonchev–Trinajstić information content (AvgIpc) is 2.77. The van der Waals surface area contributed by atoms with Gasteiger partial charge in [-0.05, 0) is 56.0 Å². The average molecular weight is 323 g/mol. The molecule has 1 heterocycles. The van der Waals surface area contributed by atoms with Gasteiger partial charge in [-0.1, -0.05) is 24.3 Å². The second kappa shape index (κ2) is 5.56. The number of rotatable bonds is 3. The fraction of sp³-hybridized carbons (Fsp3) is 0.300. The zero-order valence-electron chi connectivity index (χ0n) is 14.4. The first-order chi connectivity index (χ1) is 11.3. The number of carbonyl (C=O) groups excluding carboxylic acids is 2. The maximum atomic E-state index is 13.0. The number of ketones is 1. The molecule has 0 saturated heterocycles. The highest BCUT2D eigenvalue weighted by molar-refractivity contribution is 6.10. The minimum absolute atomic E-state index is 0.217. The topological polar surface area (TPSA) is 66.4 Å². The largest absolute Gasteiger partial charge is 0.375 e. The Hall–Kier alpha value is -2.46. The van der Waals surface area contributed by atoms with Gasteiger partial charge in [-0.3, -0.25) is 9.59 Å². The van der Waals surface area contributed by atoms with Crippen molar-refractivity contribution in [2.45, 2.75) is 39.7 Å². The van der Waals surface area contributed by atoms with Gasteiger partial charge in [0.05, 0.1) is 6.42 Å². The summed E-state index contributed by atoms with van der Waals surface area (Å²) in [5.74, 6) is -0.761. The maximum absolute atomic E-state index is 13.0. The molecule has 0 fully saturated rings. The molecule has 24 heavy (non-hydrogen) atoms. The van der Waals surface area contributed by atoms with E-state index in [0.717, 1.165) is 22.3 Å². The molecule has 0 aromatic heterocycles. The van der Waals surface area contributed by atoms with E-state index in [-0.39, 0.29) is 12.2 Å². The van der Waals surface area contributed by atoms with Crippen LogP contribution in [0, 0.1) is 27.7 Å². The van der Waals surface area contributed by atoms with Gasteiger partial charge in [0.2, 0.25) is 0 Å². The number of Topliss-reactive ketones (excluding diaryl/α,β-unsaturated/α-hetero) is 1. The van der Waals surface area contributed by atoms with Crippen LogP contribution in [0.2, 0.25) is 0 Å². The first-order valence-corrected chi connectivity index (χ1v) is 7.99. The smallest absolute Gasteiger partial charge is 0.261 e. The monoisotopic (exact) mass is 323 g/mol. The van der Waals surface area contributed by atoms with Crippen molar-refractivity contribution in [2.24, 2.45) is 0 Å². The lowest BCUT2D eigenvalue weighted by molar-refractivity contribution is -0.133. The Morgan fingerprint density at radius 2 is 1.67 bits per heavy atom. The van der Waals surface area contributed by atoms with Crippen molar-refractivity contribution in [1.82, 2.24) is 0 Å². The molecule has 1 atom stereocenters. The fourth-order valence-electron chi connectivity index (χ4n) is 3.43. The summed E-state index contributed by atoms with van der Waals surface area (Å²) in [5.41, 5.74) is 3.68. The van der Waals surface area contributed by atoms with E-state index in [1.807, 2.05) is 33.8 Å². The number of hydrogen-bond donors (Lipinski definition) is 2. The van der Waals surface area contributed by atoms with Crippen LogP contribution in [0.4, 0.5) is 5.69 Å². The number of fused-ring (bicyclic) bond motifs is 1. The lowest BCUT2D eigenvalue weighted by atomic mass is 9.84. The van der Waals surface area contributed by atoms with Crippen molar-refractivity contribution in [3.05, 3.63) is 63.7 Å². The van der Waals surface area contributed by atoms with Crippen LogP contribution in [-0.2, 0) is 10.4 Å². The first-order valence-electron chi connectivity index (χ1n) is 7.99. The minimum Gasteiger partial charge on any atom is -0.375 e. The van der Waals surface area contributed by atoms with Crippen LogP contribution in [0.15, 0.2) is 30.3 Å². The third-order valence-electron chi connectivity index (χ3n) is 5.06. The quantitative estimate of drug-likeness (QED) is 0.852. The van der Waals surface area contributed by atoms with E-state index < -0.39 is 11.5 Å². The molecule has 0 spiro atoms. The summed E-state index contributed by atoms with van der Waals surface area (Å²) < 4.78 is 0. The number of para-hydroxylation sites is 1. The summed E-state index contributed by atoms with van der Waals surface area (Å²) in [6.45, 7) is 7.74. The van der Waals surface area contributed by atoms with Gasteiger partial charge in [-0.25, -0.2) is 0 Å². The molecule has 4 nitrogen and oxygen atoms in total. The van der Waals surface area contributed by atoms with Gasteiger partial charge in [0.15, 0.2) is 11.4 Å². The summed E-state index contributed by atoms with van der Waals surface area (Å²) in [4.78, 5) is 25.3. The Labute approximate surface area is 141 Å². The van der Waals surface area contributed by atoms with Crippen molar-refractivity contribution in [1.29, 1.82) is 0 Å². The molecule has 2 aromatic carbocycles. The summed E-state index contributed by atoms with van der Waals surface area (Å²) in [7, 11) is 0. The molecule has 2 N–H and O–H groups in total. The highest BCUT2D eigenvalue weighted by Gasteiger charge is 2.46. The van der Waals surface area contributed by atoms with E-state index in [9.17, 15) is 14.7 Å². The highest BCUT2D eigenvalue weighted by atomic mass is 16.3. The van der Waals surface area contributed by atoms with Gasteiger partial charge < -0.3 is 10.4 Å². The number of hydrogen-bond acceptors (Lipinski definition) is 3. The summed E-state index contributed by atoms with van der Waals surface area (Å²) in [6, 6.07) is 8.99. The standard InChI is InChI=1S/C20H21NO3/c1-11-9-12(2)14(4)18(13(11)3)17(22)10-20(24)15-7-5-6-8-16(15)21-19(20)23/h5-9,24H,10H2,1-4H3,(H,21,23). The molecule has 1 amide bonds. The third-order valence-corrected chi connectivity index (χ3v) is 5.06. The van der Waals surface area contributed by atoms with Crippen LogP contribution >= 0.6 is 0 Å². The van der Waals surface area contributed by atoms with E-state index in [0.29, 0.717) is 16.8 Å². The number of aryl methyl sites for hydroxylation is 2. The zero-order chi connectivity index (χ0) is 17.6. The molecule has 0 aliphatic carbocycles. The van der Waals surface area contributed by atoms with E-state index in [2.05, 4.69) is 5.32 Å². The molecule has 4 heteroatoms. The van der Waals surface area contributed by atoms with Crippen LogP contribution in [0.3, 0.4) is 0 Å². The maximum Gasteiger partial charge on any atom is 0.261 e. The second-order valence-electron chi connectivity index (χ2n) is 6.60. The van der Waals surface area contributed by atoms with Crippen LogP contribution in [0.5, 0.6) is 0 Å². The number of nitrogens with one attached hydrogen (secondary N) is 1. The Balaban J connectivity index is 2.04. The van der Waals surface area contributed by atoms with Gasteiger partial charge in [0.1, 0.15) is 0 Å². The Bertz CT molecular complexity index is 843. The number of carbonyl (C=O) groups is 2. The molecule has 124 valence electrons. The lowest BCUT2D eigenvalue weighted by Gasteiger charge is -2.22. The number of benzene rings is 2. The summed E-state index contributed by atoms with van der Waals surface area (Å²) >= 11 is 0. The van der Waals surface area contributed by atoms with Crippen LogP contribution in [0.25, 0.3) is 0 Å². The van der Waals surface area contributed by atoms with Crippen molar-refractivity contribution >= 4 is 17.4 Å². The molecule has 0 bridgehead atoms. The van der Waals surface area contributed by atoms with Crippen molar-refractivity contribution in [2.75, 3.05) is 5.32 Å². The molecule has 1 unspecified atom stereocenters. The molecule has 0 radical (unpaired) electrons. The van der Waals surface area contributed by atoms with E-state index in [4.69, 9.17) is 0 Å². The second-order valence-corrected chi connectivity index (χ2v) is 6.60. The first kappa shape index (κ1) is 16.4. The van der Waals surface area contributed by atoms with Crippen molar-refractivity contribution in [3.8, 4) is 0 Å². The molecule has 1 aliphatic heterocycles. The molecule has 1 aliphatic rings. The molecule has 3 rings (SSSR count). The number of aliphatic hydroxyl groups is 1. The van der Waals surface area contributed by atoms with Gasteiger partial charge in [-0.15, -0.1) is 0 Å². The molecular weight excluding hydrogens is 302 g/mol. The SMILES string of the molecule is Cc1cc(C)c(C)c(C(=O)CC2(O)C(=O)Nc3ccccc32)c1C.